The fourth-order valence-electron chi connectivity index (χ4n) is 3.37. The first kappa shape index (κ1) is 19.1. The third-order valence-corrected chi connectivity index (χ3v) is 5.01. The lowest BCUT2D eigenvalue weighted by molar-refractivity contribution is -0.140. The molecule has 1 aromatic carbocycles. The van der Waals surface area contributed by atoms with Gasteiger partial charge in [0.1, 0.15) is 6.04 Å². The lowest BCUT2D eigenvalue weighted by Crippen LogP contribution is -2.53. The van der Waals surface area contributed by atoms with Crippen molar-refractivity contribution in [1.29, 1.82) is 0 Å². The minimum Gasteiger partial charge on any atom is -0.339 e. The van der Waals surface area contributed by atoms with Crippen molar-refractivity contribution >= 4 is 11.8 Å². The Kier molecular flexibility index (Phi) is 5.91. The molecule has 0 saturated carbocycles. The molecular formula is C20H27N5O2. The van der Waals surface area contributed by atoms with E-state index in [-0.39, 0.29) is 11.8 Å². The van der Waals surface area contributed by atoms with Crippen molar-refractivity contribution in [3.8, 4) is 0 Å². The number of aromatic nitrogens is 2. The molecule has 0 spiro atoms. The topological polar surface area (TPSA) is 70.5 Å². The van der Waals surface area contributed by atoms with Gasteiger partial charge < -0.3 is 15.1 Å². The smallest absolute Gasteiger partial charge is 0.244 e. The zero-order chi connectivity index (χ0) is 19.4. The molecule has 3 rings (SSSR count). The lowest BCUT2D eigenvalue weighted by Gasteiger charge is -2.36. The maximum atomic E-state index is 12.9. The molecule has 2 amide bonds. The van der Waals surface area contributed by atoms with Crippen LogP contribution < -0.4 is 5.32 Å². The average molecular weight is 369 g/mol. The molecule has 7 heteroatoms. The van der Waals surface area contributed by atoms with Gasteiger partial charge in [-0.05, 0) is 19.5 Å². The van der Waals surface area contributed by atoms with Crippen LogP contribution >= 0.6 is 0 Å². The molecule has 1 unspecified atom stereocenters. The van der Waals surface area contributed by atoms with Crippen LogP contribution in [0.3, 0.4) is 0 Å². The Morgan fingerprint density at radius 2 is 1.74 bits per heavy atom. The van der Waals surface area contributed by atoms with Crippen molar-refractivity contribution in [2.75, 3.05) is 33.2 Å². The second kappa shape index (κ2) is 8.35. The van der Waals surface area contributed by atoms with Crippen molar-refractivity contribution in [3.05, 3.63) is 53.3 Å². The Hall–Kier alpha value is -2.67. The molecule has 2 heterocycles. The van der Waals surface area contributed by atoms with E-state index < -0.39 is 6.04 Å². The molecule has 1 saturated heterocycles. The Morgan fingerprint density at radius 3 is 2.30 bits per heavy atom. The fourth-order valence-corrected chi connectivity index (χ4v) is 3.37. The first-order chi connectivity index (χ1) is 13.0. The van der Waals surface area contributed by atoms with Gasteiger partial charge in [-0.2, -0.15) is 5.10 Å². The number of benzene rings is 1. The van der Waals surface area contributed by atoms with Crippen LogP contribution in [0.4, 0.5) is 0 Å². The summed E-state index contributed by atoms with van der Waals surface area (Å²) in [5.41, 5.74) is 3.06. The van der Waals surface area contributed by atoms with Gasteiger partial charge in [-0.1, -0.05) is 29.8 Å². The monoisotopic (exact) mass is 369 g/mol. The van der Waals surface area contributed by atoms with E-state index in [1.54, 1.807) is 17.9 Å². The SMILES string of the molecule is CNC(C(=O)N1CCN(C(=O)Cc2ccc(C)cc2)CC1)c1cnn(C)c1. The van der Waals surface area contributed by atoms with E-state index in [1.807, 2.05) is 54.2 Å². The summed E-state index contributed by atoms with van der Waals surface area (Å²) in [5, 5.41) is 7.22. The predicted octanol–water partition coefficient (Wildman–Crippen LogP) is 0.903. The van der Waals surface area contributed by atoms with Gasteiger partial charge in [0.15, 0.2) is 0 Å². The maximum absolute atomic E-state index is 12.9. The summed E-state index contributed by atoms with van der Waals surface area (Å²) in [4.78, 5) is 29.1. The van der Waals surface area contributed by atoms with Crippen molar-refractivity contribution in [1.82, 2.24) is 24.9 Å². The van der Waals surface area contributed by atoms with Crippen LogP contribution in [-0.4, -0.2) is 64.6 Å². The van der Waals surface area contributed by atoms with Crippen molar-refractivity contribution in [3.63, 3.8) is 0 Å². The van der Waals surface area contributed by atoms with Crippen LogP contribution in [0.1, 0.15) is 22.7 Å². The molecule has 2 aromatic rings. The van der Waals surface area contributed by atoms with E-state index >= 15 is 0 Å². The van der Waals surface area contributed by atoms with E-state index in [0.29, 0.717) is 32.6 Å². The summed E-state index contributed by atoms with van der Waals surface area (Å²) in [6.07, 6.45) is 3.96. The zero-order valence-electron chi connectivity index (χ0n) is 16.2. The second-order valence-electron chi connectivity index (χ2n) is 7.04. The van der Waals surface area contributed by atoms with Gasteiger partial charge >= 0.3 is 0 Å². The highest BCUT2D eigenvalue weighted by Crippen LogP contribution is 2.16. The third-order valence-electron chi connectivity index (χ3n) is 5.01. The highest BCUT2D eigenvalue weighted by atomic mass is 16.2. The molecule has 0 bridgehead atoms. The molecule has 1 aliphatic rings. The molecule has 1 fully saturated rings. The standard InChI is InChI=1S/C20H27N5O2/c1-15-4-6-16(7-5-15)12-18(26)24-8-10-25(11-9-24)20(27)19(21-2)17-13-22-23(3)14-17/h4-7,13-14,19,21H,8-12H2,1-3H3. The lowest BCUT2D eigenvalue weighted by atomic mass is 10.1. The molecule has 1 aromatic heterocycles. The maximum Gasteiger partial charge on any atom is 0.244 e. The molecular weight excluding hydrogens is 342 g/mol. The Balaban J connectivity index is 1.55. The van der Waals surface area contributed by atoms with E-state index in [4.69, 9.17) is 0 Å². The first-order valence-corrected chi connectivity index (χ1v) is 9.26. The molecule has 144 valence electrons. The van der Waals surface area contributed by atoms with E-state index in [2.05, 4.69) is 10.4 Å². The highest BCUT2D eigenvalue weighted by Gasteiger charge is 2.29. The number of rotatable bonds is 5. The molecule has 1 N–H and O–H groups in total. The van der Waals surface area contributed by atoms with Crippen LogP contribution in [0.25, 0.3) is 0 Å². The van der Waals surface area contributed by atoms with Gasteiger partial charge in [0.05, 0.1) is 12.6 Å². The number of carbonyl (C=O) groups is 2. The molecule has 1 aliphatic heterocycles. The van der Waals surface area contributed by atoms with Crippen molar-refractivity contribution in [2.45, 2.75) is 19.4 Å². The second-order valence-corrected chi connectivity index (χ2v) is 7.04. The molecule has 1 atom stereocenters. The number of nitrogens with zero attached hydrogens (tertiary/aromatic N) is 4. The average Bonchev–Trinajstić information content (AvgIpc) is 3.10. The third kappa shape index (κ3) is 4.54. The first-order valence-electron chi connectivity index (χ1n) is 9.26. The van der Waals surface area contributed by atoms with Gasteiger partial charge in [-0.3, -0.25) is 14.3 Å². The number of carbonyl (C=O) groups excluding carboxylic acids is 2. The predicted molar refractivity (Wildman–Crippen MR) is 103 cm³/mol. The number of hydrogen-bond acceptors (Lipinski definition) is 4. The van der Waals surface area contributed by atoms with Crippen LogP contribution in [0.15, 0.2) is 36.7 Å². The fraction of sp³-hybridized carbons (Fsp3) is 0.450. The summed E-state index contributed by atoms with van der Waals surface area (Å²) in [6, 6.07) is 7.63. The largest absolute Gasteiger partial charge is 0.339 e. The van der Waals surface area contributed by atoms with Gasteiger partial charge in [0, 0.05) is 45.0 Å². The quantitative estimate of drug-likeness (QED) is 0.850. The summed E-state index contributed by atoms with van der Waals surface area (Å²) in [6.45, 7) is 4.28. The Labute approximate surface area is 159 Å². The highest BCUT2D eigenvalue weighted by molar-refractivity contribution is 5.84. The number of aryl methyl sites for hydroxylation is 2. The van der Waals surface area contributed by atoms with Crippen molar-refractivity contribution < 1.29 is 9.59 Å². The molecule has 27 heavy (non-hydrogen) atoms. The number of piperazine rings is 1. The van der Waals surface area contributed by atoms with Crippen LogP contribution in [0.2, 0.25) is 0 Å². The normalized spacial score (nSPS) is 15.7. The Bertz CT molecular complexity index is 791. The van der Waals surface area contributed by atoms with Gasteiger partial charge in [-0.25, -0.2) is 0 Å². The van der Waals surface area contributed by atoms with E-state index in [0.717, 1.165) is 11.1 Å². The van der Waals surface area contributed by atoms with Crippen LogP contribution in [0, 0.1) is 6.92 Å². The van der Waals surface area contributed by atoms with Gasteiger partial charge in [0.2, 0.25) is 11.8 Å². The van der Waals surface area contributed by atoms with Crippen LogP contribution in [-0.2, 0) is 23.1 Å². The zero-order valence-corrected chi connectivity index (χ0v) is 16.2. The van der Waals surface area contributed by atoms with Crippen molar-refractivity contribution in [2.24, 2.45) is 7.05 Å². The van der Waals surface area contributed by atoms with Crippen LogP contribution in [0.5, 0.6) is 0 Å². The summed E-state index contributed by atoms with van der Waals surface area (Å²) >= 11 is 0. The van der Waals surface area contributed by atoms with E-state index in [9.17, 15) is 9.59 Å². The Morgan fingerprint density at radius 1 is 1.11 bits per heavy atom. The molecule has 0 radical (unpaired) electrons. The number of nitrogens with one attached hydrogen (secondary N) is 1. The van der Waals surface area contributed by atoms with Gasteiger partial charge in [-0.15, -0.1) is 0 Å². The minimum absolute atomic E-state index is 0.0242. The summed E-state index contributed by atoms with van der Waals surface area (Å²) in [7, 11) is 3.61. The molecule has 7 nitrogen and oxygen atoms in total. The number of hydrogen-bond donors (Lipinski definition) is 1. The summed E-state index contributed by atoms with van der Waals surface area (Å²) < 4.78 is 1.69. The van der Waals surface area contributed by atoms with Gasteiger partial charge in [0.25, 0.3) is 0 Å². The molecule has 0 aliphatic carbocycles. The number of amides is 2. The number of likely N-dealkylation sites (N-methyl/N-ethyl adjacent to an activating group) is 1. The minimum atomic E-state index is -0.409. The van der Waals surface area contributed by atoms with E-state index in [1.165, 1.54) is 5.56 Å². The summed E-state index contributed by atoms with van der Waals surface area (Å²) in [5.74, 6) is 0.138.